The maximum atomic E-state index is 3.87. The van der Waals surface area contributed by atoms with Gasteiger partial charge in [-0.05, 0) is 0 Å². The average Bonchev–Trinajstić information content (AvgIpc) is 2.45. The molecule has 0 bridgehead atoms. The van der Waals surface area contributed by atoms with Crippen molar-refractivity contribution in [2.45, 2.75) is 39.3 Å². The normalized spacial score (nSPS) is 12.3. The lowest BCUT2D eigenvalue weighted by molar-refractivity contribution is 1.69. The van der Waals surface area contributed by atoms with Crippen LogP contribution in [-0.2, 0) is 0 Å². The van der Waals surface area contributed by atoms with Gasteiger partial charge in [0.1, 0.15) is 0 Å². The first kappa shape index (κ1) is 17.8. The van der Waals surface area contributed by atoms with E-state index in [-0.39, 0.29) is 5.54 Å². The summed E-state index contributed by atoms with van der Waals surface area (Å²) >= 11 is 3.87. The Kier molecular flexibility index (Phi) is 5.25. The lowest BCUT2D eigenvalue weighted by atomic mass is 9.63. The van der Waals surface area contributed by atoms with E-state index in [0.717, 1.165) is 0 Å². The first-order chi connectivity index (χ1) is 10.1. The zero-order valence-corrected chi connectivity index (χ0v) is 18.2. The first-order valence-electron chi connectivity index (χ1n) is 7.94. The molecule has 2 aromatic rings. The van der Waals surface area contributed by atoms with E-state index in [1.54, 1.807) is 0 Å². The molecule has 4 heteroatoms. The molecule has 0 aliphatic rings. The summed E-state index contributed by atoms with van der Waals surface area (Å²) < 4.78 is 0. The summed E-state index contributed by atoms with van der Waals surface area (Å²) in [5.74, 6) is 0. The van der Waals surface area contributed by atoms with Crippen molar-refractivity contribution in [2.24, 2.45) is 0 Å². The Bertz CT molecular complexity index is 565. The van der Waals surface area contributed by atoms with E-state index in [0.29, 0.717) is 0 Å². The molecule has 2 aromatic carbocycles. The van der Waals surface area contributed by atoms with Crippen molar-refractivity contribution in [1.82, 2.24) is 0 Å². The molecular formula is C18H26BBrSi2. The van der Waals surface area contributed by atoms with Crippen molar-refractivity contribution in [3.63, 3.8) is 0 Å². The number of rotatable bonds is 4. The van der Waals surface area contributed by atoms with Crippen LogP contribution in [0.1, 0.15) is 0 Å². The van der Waals surface area contributed by atoms with Gasteiger partial charge in [-0.25, -0.2) is 0 Å². The summed E-state index contributed by atoms with van der Waals surface area (Å²) in [4.78, 5) is 0. The maximum Gasteiger partial charge on any atom is 0.287 e. The molecule has 0 atom stereocenters. The third kappa shape index (κ3) is 4.24. The molecule has 0 fully saturated rings. The van der Waals surface area contributed by atoms with Gasteiger partial charge in [0, 0.05) is 0 Å². The number of hydrogen-bond donors (Lipinski definition) is 0. The molecule has 0 radical (unpaired) electrons. The molecular weight excluding hydrogens is 363 g/mol. The fourth-order valence-corrected chi connectivity index (χ4v) is 5.44. The van der Waals surface area contributed by atoms with Crippen LogP contribution >= 0.6 is 15.8 Å². The maximum absolute atomic E-state index is 3.87. The van der Waals surface area contributed by atoms with Crippen molar-refractivity contribution in [3.05, 3.63) is 48.5 Å². The van der Waals surface area contributed by atoms with Crippen molar-refractivity contribution in [2.75, 3.05) is 0 Å². The van der Waals surface area contributed by atoms with Gasteiger partial charge in [0.05, 0.1) is 16.1 Å². The predicted molar refractivity (Wildman–Crippen MR) is 113 cm³/mol. The van der Waals surface area contributed by atoms with Crippen LogP contribution in [0.25, 0.3) is 0 Å². The molecule has 0 nitrogen and oxygen atoms in total. The highest BCUT2D eigenvalue weighted by Gasteiger charge is 2.20. The van der Waals surface area contributed by atoms with E-state index < -0.39 is 16.1 Å². The number of halogens is 1. The fraction of sp³-hybridized carbons (Fsp3) is 0.333. The van der Waals surface area contributed by atoms with Crippen LogP contribution in [0, 0.1) is 0 Å². The molecule has 0 aliphatic heterocycles. The summed E-state index contributed by atoms with van der Waals surface area (Å²) in [6, 6.07) is 18.4. The molecule has 0 saturated heterocycles. The Hall–Kier alpha value is -0.581. The number of hydrogen-bond acceptors (Lipinski definition) is 0. The minimum atomic E-state index is -1.21. The zero-order chi connectivity index (χ0) is 16.5. The summed E-state index contributed by atoms with van der Waals surface area (Å²) in [5, 5.41) is 3.04. The Morgan fingerprint density at radius 2 is 0.864 bits per heavy atom. The number of benzene rings is 2. The standard InChI is InChI=1S/C18H26BBrSi2/c1-21(2,3)17-11-7-15(8-12-17)19(20)16-9-13-18(14-10-16)22(4,5)6/h7-14H,1-6H3. The van der Waals surface area contributed by atoms with E-state index in [9.17, 15) is 0 Å². The SMILES string of the molecule is C[Si](C)(C)c1ccc(B(Br)c2ccc([Si](C)(C)C)cc2)cc1. The van der Waals surface area contributed by atoms with Gasteiger partial charge in [0.2, 0.25) is 0 Å². The second-order valence-electron chi connectivity index (χ2n) is 8.11. The molecule has 0 heterocycles. The van der Waals surface area contributed by atoms with Gasteiger partial charge in [-0.2, -0.15) is 0 Å². The van der Waals surface area contributed by atoms with Crippen molar-refractivity contribution in [1.29, 1.82) is 0 Å². The van der Waals surface area contributed by atoms with E-state index in [4.69, 9.17) is 0 Å². The highest BCUT2D eigenvalue weighted by molar-refractivity contribution is 9.25. The van der Waals surface area contributed by atoms with Gasteiger partial charge in [0.15, 0.2) is 0 Å². The van der Waals surface area contributed by atoms with Gasteiger partial charge in [0.25, 0.3) is 5.54 Å². The molecule has 0 saturated carbocycles. The molecule has 0 amide bonds. The minimum absolute atomic E-state index is 0.277. The Morgan fingerprint density at radius 3 is 1.09 bits per heavy atom. The summed E-state index contributed by atoms with van der Waals surface area (Å²) in [7, 11) is -2.42. The molecule has 22 heavy (non-hydrogen) atoms. The van der Waals surface area contributed by atoms with E-state index in [2.05, 4.69) is 104 Å². The van der Waals surface area contributed by atoms with Crippen LogP contribution in [0.4, 0.5) is 0 Å². The monoisotopic (exact) mass is 388 g/mol. The quantitative estimate of drug-likeness (QED) is 0.705. The second kappa shape index (κ2) is 6.50. The van der Waals surface area contributed by atoms with Gasteiger partial charge in [-0.3, -0.25) is 0 Å². The van der Waals surface area contributed by atoms with Crippen molar-refractivity contribution >= 4 is 58.7 Å². The summed E-state index contributed by atoms with van der Waals surface area (Å²) in [6.45, 7) is 14.3. The molecule has 0 unspecified atom stereocenters. The van der Waals surface area contributed by atoms with Gasteiger partial charge in [-0.1, -0.05) is 109 Å². The van der Waals surface area contributed by atoms with Crippen molar-refractivity contribution < 1.29 is 0 Å². The smallest absolute Gasteiger partial charge is 0.143 e. The zero-order valence-electron chi connectivity index (χ0n) is 14.6. The lowest BCUT2D eigenvalue weighted by Crippen LogP contribution is -2.42. The van der Waals surface area contributed by atoms with Crippen molar-refractivity contribution in [3.8, 4) is 0 Å². The highest BCUT2D eigenvalue weighted by Crippen LogP contribution is 2.04. The van der Waals surface area contributed by atoms with Crippen LogP contribution < -0.4 is 21.3 Å². The van der Waals surface area contributed by atoms with Gasteiger partial charge >= 0.3 is 0 Å². The lowest BCUT2D eigenvalue weighted by Gasteiger charge is -2.19. The van der Waals surface area contributed by atoms with Gasteiger partial charge < -0.3 is 0 Å². The van der Waals surface area contributed by atoms with Crippen LogP contribution in [0.2, 0.25) is 39.3 Å². The van der Waals surface area contributed by atoms with Gasteiger partial charge in [-0.15, -0.1) is 15.8 Å². The third-order valence-corrected chi connectivity index (χ3v) is 9.33. The fourth-order valence-electron chi connectivity index (χ4n) is 2.50. The molecule has 116 valence electrons. The Morgan fingerprint density at radius 1 is 0.591 bits per heavy atom. The van der Waals surface area contributed by atoms with Crippen LogP contribution in [0.5, 0.6) is 0 Å². The van der Waals surface area contributed by atoms with Crippen LogP contribution in [-0.4, -0.2) is 21.7 Å². The predicted octanol–water partition coefficient (Wildman–Crippen LogP) is 3.28. The summed E-state index contributed by atoms with van der Waals surface area (Å²) in [6.07, 6.45) is 0. The minimum Gasteiger partial charge on any atom is -0.143 e. The molecule has 2 rings (SSSR count). The van der Waals surface area contributed by atoms with Crippen LogP contribution in [0.15, 0.2) is 48.5 Å². The molecule has 0 aromatic heterocycles. The Balaban J connectivity index is 2.23. The summed E-state index contributed by atoms with van der Waals surface area (Å²) in [5.41, 5.74) is 2.95. The molecule has 0 aliphatic carbocycles. The van der Waals surface area contributed by atoms with E-state index in [1.165, 1.54) is 21.3 Å². The van der Waals surface area contributed by atoms with E-state index in [1.807, 2.05) is 0 Å². The van der Waals surface area contributed by atoms with E-state index >= 15 is 0 Å². The third-order valence-electron chi connectivity index (χ3n) is 4.14. The topological polar surface area (TPSA) is 0 Å². The first-order valence-corrected chi connectivity index (χ1v) is 15.9. The second-order valence-corrected chi connectivity index (χ2v) is 19.2. The highest BCUT2D eigenvalue weighted by atomic mass is 79.9. The largest absolute Gasteiger partial charge is 0.287 e. The average molecular weight is 389 g/mol. The molecule has 0 N–H and O–H groups in total. The Labute approximate surface area is 146 Å². The van der Waals surface area contributed by atoms with Crippen LogP contribution in [0.3, 0.4) is 0 Å². The molecule has 0 spiro atoms.